The number of unbranched alkanes of at least 4 members (excludes halogenated alkanes) is 24. The van der Waals surface area contributed by atoms with Gasteiger partial charge in [-0.1, -0.05) is 181 Å². The summed E-state index contributed by atoms with van der Waals surface area (Å²) in [5, 5.41) is 3.22. The van der Waals surface area contributed by atoms with Gasteiger partial charge >= 0.3 is 0 Å². The number of nitrogens with one attached hydrogen (secondary N) is 1. The first-order chi connectivity index (χ1) is 20.8. The number of carbonyl (C=O) groups is 1. The van der Waals surface area contributed by atoms with Crippen LogP contribution in [0.5, 0.6) is 0 Å². The van der Waals surface area contributed by atoms with Crippen molar-refractivity contribution in [3.05, 3.63) is 0 Å². The van der Waals surface area contributed by atoms with Gasteiger partial charge < -0.3 is 14.8 Å². The van der Waals surface area contributed by atoms with Crippen LogP contribution in [0, 0.1) is 5.92 Å². The Hall–Kier alpha value is -0.610. The Morgan fingerprint density at radius 3 is 1.19 bits per heavy atom. The van der Waals surface area contributed by atoms with E-state index in [0.29, 0.717) is 19.8 Å². The van der Waals surface area contributed by atoms with Crippen LogP contribution in [0.15, 0.2) is 0 Å². The highest BCUT2D eigenvalue weighted by atomic mass is 16.5. The molecule has 0 fully saturated rings. The van der Waals surface area contributed by atoms with Crippen LogP contribution >= 0.6 is 0 Å². The monoisotopic (exact) mass is 596 g/mol. The highest BCUT2D eigenvalue weighted by Crippen LogP contribution is 2.20. The third-order valence-electron chi connectivity index (χ3n) is 8.88. The number of methoxy groups -OCH3 is 1. The van der Waals surface area contributed by atoms with E-state index in [0.717, 1.165) is 25.8 Å². The Labute approximate surface area is 264 Å². The summed E-state index contributed by atoms with van der Waals surface area (Å²) in [4.78, 5) is 13.0. The van der Waals surface area contributed by atoms with Crippen LogP contribution in [-0.2, 0) is 14.3 Å². The first kappa shape index (κ1) is 41.4. The lowest BCUT2D eigenvalue weighted by atomic mass is 9.93. The molecule has 1 amide bonds. The van der Waals surface area contributed by atoms with E-state index in [1.54, 1.807) is 7.11 Å². The summed E-state index contributed by atoms with van der Waals surface area (Å²) < 4.78 is 10.6. The van der Waals surface area contributed by atoms with E-state index in [9.17, 15) is 4.79 Å². The van der Waals surface area contributed by atoms with Gasteiger partial charge in [0.2, 0.25) is 5.91 Å². The molecule has 0 aromatic heterocycles. The molecule has 252 valence electrons. The second-order valence-electron chi connectivity index (χ2n) is 13.0. The fourth-order valence-electron chi connectivity index (χ4n) is 6.00. The Bertz CT molecular complexity index is 483. The van der Waals surface area contributed by atoms with Crippen molar-refractivity contribution in [1.82, 2.24) is 5.32 Å². The van der Waals surface area contributed by atoms with Gasteiger partial charge in [-0.2, -0.15) is 0 Å². The average Bonchev–Trinajstić information content (AvgIpc) is 3.00. The van der Waals surface area contributed by atoms with Crippen LogP contribution in [0.1, 0.15) is 200 Å². The molecule has 0 aliphatic carbocycles. The maximum atomic E-state index is 13.0. The van der Waals surface area contributed by atoms with Crippen molar-refractivity contribution in [3.8, 4) is 0 Å². The van der Waals surface area contributed by atoms with E-state index in [-0.39, 0.29) is 11.8 Å². The zero-order valence-corrected chi connectivity index (χ0v) is 29.1. The summed E-state index contributed by atoms with van der Waals surface area (Å²) in [5.41, 5.74) is 0. The SMILES string of the molecule is CCCCCCCCCCCCCCCC(CCCCCCCCCCCCCCC)C(=O)NCCCOCCOC. The fraction of sp³-hybridized carbons (Fsp3) is 0.974. The van der Waals surface area contributed by atoms with Crippen LogP contribution in [0.3, 0.4) is 0 Å². The molecule has 0 unspecified atom stereocenters. The molecule has 0 rings (SSSR count). The minimum Gasteiger partial charge on any atom is -0.382 e. The first-order valence-electron chi connectivity index (χ1n) is 19.1. The topological polar surface area (TPSA) is 47.6 Å². The third-order valence-corrected chi connectivity index (χ3v) is 8.88. The number of amides is 1. The summed E-state index contributed by atoms with van der Waals surface area (Å²) in [5.74, 6) is 0.476. The van der Waals surface area contributed by atoms with Gasteiger partial charge in [0, 0.05) is 26.2 Å². The van der Waals surface area contributed by atoms with Gasteiger partial charge in [-0.15, -0.1) is 0 Å². The van der Waals surface area contributed by atoms with Gasteiger partial charge in [0.1, 0.15) is 0 Å². The van der Waals surface area contributed by atoms with Gasteiger partial charge in [0.15, 0.2) is 0 Å². The van der Waals surface area contributed by atoms with Gasteiger partial charge in [-0.05, 0) is 19.3 Å². The molecular weight excluding hydrogens is 518 g/mol. The second-order valence-corrected chi connectivity index (χ2v) is 13.0. The van der Waals surface area contributed by atoms with Gasteiger partial charge in [-0.3, -0.25) is 4.79 Å². The van der Waals surface area contributed by atoms with Crippen LogP contribution < -0.4 is 5.32 Å². The molecule has 0 radical (unpaired) electrons. The largest absolute Gasteiger partial charge is 0.382 e. The second kappa shape index (κ2) is 36.6. The predicted molar refractivity (Wildman–Crippen MR) is 184 cm³/mol. The maximum Gasteiger partial charge on any atom is 0.223 e. The molecule has 0 aromatic carbocycles. The van der Waals surface area contributed by atoms with E-state index in [4.69, 9.17) is 9.47 Å². The molecule has 42 heavy (non-hydrogen) atoms. The van der Waals surface area contributed by atoms with Crippen molar-refractivity contribution in [3.63, 3.8) is 0 Å². The smallest absolute Gasteiger partial charge is 0.223 e. The standard InChI is InChI=1S/C38H77NO3/c1-4-6-8-10-12-14-16-18-20-22-24-26-28-31-37(38(40)39-33-30-34-42-36-35-41-3)32-29-27-25-23-21-19-17-15-13-11-9-7-5-2/h37H,4-36H2,1-3H3,(H,39,40). The lowest BCUT2D eigenvalue weighted by molar-refractivity contribution is -0.125. The van der Waals surface area contributed by atoms with Gasteiger partial charge in [0.25, 0.3) is 0 Å². The van der Waals surface area contributed by atoms with Crippen molar-refractivity contribution >= 4 is 5.91 Å². The minimum absolute atomic E-state index is 0.194. The summed E-state index contributed by atoms with van der Waals surface area (Å²) >= 11 is 0. The molecule has 0 atom stereocenters. The number of carbonyl (C=O) groups excluding carboxylic acids is 1. The molecule has 0 bridgehead atoms. The van der Waals surface area contributed by atoms with Crippen molar-refractivity contribution in [2.75, 3.05) is 33.5 Å². The zero-order chi connectivity index (χ0) is 30.6. The van der Waals surface area contributed by atoms with E-state index >= 15 is 0 Å². The average molecular weight is 596 g/mol. The van der Waals surface area contributed by atoms with E-state index in [2.05, 4.69) is 19.2 Å². The number of rotatable bonds is 36. The highest BCUT2D eigenvalue weighted by molar-refractivity contribution is 5.78. The predicted octanol–water partition coefficient (Wildman–Crippen LogP) is 11.7. The molecule has 1 N–H and O–H groups in total. The van der Waals surface area contributed by atoms with Crippen LogP contribution in [0.4, 0.5) is 0 Å². The van der Waals surface area contributed by atoms with Crippen LogP contribution in [0.2, 0.25) is 0 Å². The lowest BCUT2D eigenvalue weighted by Crippen LogP contribution is -2.32. The normalized spacial score (nSPS) is 11.5. The van der Waals surface area contributed by atoms with E-state index in [1.807, 2.05) is 0 Å². The van der Waals surface area contributed by atoms with Crippen molar-refractivity contribution < 1.29 is 14.3 Å². The molecule has 0 spiro atoms. The molecule has 0 saturated carbocycles. The Balaban J connectivity index is 4.00. The van der Waals surface area contributed by atoms with E-state index < -0.39 is 0 Å². The molecule has 4 heteroatoms. The lowest BCUT2D eigenvalue weighted by Gasteiger charge is -2.17. The summed E-state index contributed by atoms with van der Waals surface area (Å²) in [6.07, 6.45) is 38.8. The van der Waals surface area contributed by atoms with Gasteiger partial charge in [0.05, 0.1) is 13.2 Å². The fourth-order valence-corrected chi connectivity index (χ4v) is 6.00. The number of hydrogen-bond acceptors (Lipinski definition) is 3. The quantitative estimate of drug-likeness (QED) is 0.0733. The van der Waals surface area contributed by atoms with Crippen LogP contribution in [0.25, 0.3) is 0 Å². The Morgan fingerprint density at radius 1 is 0.476 bits per heavy atom. The Kier molecular flexibility index (Phi) is 36.0. The van der Waals surface area contributed by atoms with Crippen molar-refractivity contribution in [1.29, 1.82) is 0 Å². The zero-order valence-electron chi connectivity index (χ0n) is 29.1. The van der Waals surface area contributed by atoms with Crippen molar-refractivity contribution in [2.24, 2.45) is 5.92 Å². The van der Waals surface area contributed by atoms with Crippen molar-refractivity contribution in [2.45, 2.75) is 200 Å². The summed E-state index contributed by atoms with van der Waals surface area (Å²) in [7, 11) is 1.69. The van der Waals surface area contributed by atoms with Gasteiger partial charge in [-0.25, -0.2) is 0 Å². The Morgan fingerprint density at radius 2 is 0.833 bits per heavy atom. The molecule has 0 aliphatic heterocycles. The minimum atomic E-state index is 0.194. The molecule has 4 nitrogen and oxygen atoms in total. The molecule has 0 saturated heterocycles. The maximum absolute atomic E-state index is 13.0. The third kappa shape index (κ3) is 32.3. The van der Waals surface area contributed by atoms with Crippen LogP contribution in [-0.4, -0.2) is 39.4 Å². The highest BCUT2D eigenvalue weighted by Gasteiger charge is 2.17. The molecule has 0 aliphatic rings. The summed E-state index contributed by atoms with van der Waals surface area (Å²) in [6.45, 7) is 7.25. The molecule has 0 aromatic rings. The van der Waals surface area contributed by atoms with E-state index in [1.165, 1.54) is 167 Å². The molecule has 0 heterocycles. The number of hydrogen-bond donors (Lipinski definition) is 1. The first-order valence-corrected chi connectivity index (χ1v) is 19.1. The molecular formula is C38H77NO3. The number of ether oxygens (including phenoxy) is 2. The summed E-state index contributed by atoms with van der Waals surface area (Å²) in [6, 6.07) is 0.